The third-order valence-electron chi connectivity index (χ3n) is 3.34. The van der Waals surface area contributed by atoms with Gasteiger partial charge in [0.25, 0.3) is 0 Å². The highest BCUT2D eigenvalue weighted by molar-refractivity contribution is 4.80. The Kier molecular flexibility index (Phi) is 12.9. The van der Waals surface area contributed by atoms with Crippen LogP contribution in [0.5, 0.6) is 0 Å². The molecule has 0 aromatic heterocycles. The lowest BCUT2D eigenvalue weighted by Gasteiger charge is -2.31. The van der Waals surface area contributed by atoms with Gasteiger partial charge in [0.2, 0.25) is 0 Å². The molecule has 0 heterocycles. The molecule has 0 amide bonds. The van der Waals surface area contributed by atoms with E-state index >= 15 is 0 Å². The second-order valence-electron chi connectivity index (χ2n) is 5.04. The molecule has 0 aliphatic rings. The smallest absolute Gasteiger partial charge is 0.0135 e. The zero-order valence-corrected chi connectivity index (χ0v) is 13.0. The SMILES string of the molecule is C/C=C\CNCCN(CCC)C(CCC)CCC. The second kappa shape index (κ2) is 13.1. The molecule has 0 radical (unpaired) electrons. The number of nitrogens with zero attached hydrogens (tertiary/aromatic N) is 1. The van der Waals surface area contributed by atoms with Gasteiger partial charge in [-0.2, -0.15) is 0 Å². The van der Waals surface area contributed by atoms with Crippen molar-refractivity contribution >= 4 is 0 Å². The third-order valence-corrected chi connectivity index (χ3v) is 3.34. The molecule has 18 heavy (non-hydrogen) atoms. The first kappa shape index (κ1) is 17.7. The van der Waals surface area contributed by atoms with Crippen LogP contribution in [0.15, 0.2) is 12.2 Å². The molecular formula is C16H34N2. The summed E-state index contributed by atoms with van der Waals surface area (Å²) in [6.07, 6.45) is 10.9. The van der Waals surface area contributed by atoms with Crippen molar-refractivity contribution in [2.24, 2.45) is 0 Å². The molecule has 108 valence electrons. The standard InChI is InChI=1S/C16H34N2/c1-5-9-12-17-13-15-18(14-8-4)16(10-6-2)11-7-3/h5,9,16-17H,6-8,10-15H2,1-4H3/b9-5-. The predicted molar refractivity (Wildman–Crippen MR) is 83.2 cm³/mol. The lowest BCUT2D eigenvalue weighted by Crippen LogP contribution is -2.40. The zero-order valence-electron chi connectivity index (χ0n) is 13.0. The Hall–Kier alpha value is -0.340. The number of allylic oxidation sites excluding steroid dienone is 1. The van der Waals surface area contributed by atoms with E-state index in [9.17, 15) is 0 Å². The highest BCUT2D eigenvalue weighted by Gasteiger charge is 2.15. The minimum absolute atomic E-state index is 0.795. The van der Waals surface area contributed by atoms with Crippen molar-refractivity contribution in [3.8, 4) is 0 Å². The van der Waals surface area contributed by atoms with Gasteiger partial charge >= 0.3 is 0 Å². The van der Waals surface area contributed by atoms with Crippen molar-refractivity contribution in [3.63, 3.8) is 0 Å². The van der Waals surface area contributed by atoms with Crippen LogP contribution in [0.4, 0.5) is 0 Å². The fraction of sp³-hybridized carbons (Fsp3) is 0.875. The van der Waals surface area contributed by atoms with Gasteiger partial charge in [-0.05, 0) is 32.7 Å². The van der Waals surface area contributed by atoms with E-state index in [0.29, 0.717) is 0 Å². The summed E-state index contributed by atoms with van der Waals surface area (Å²) in [4.78, 5) is 2.69. The Morgan fingerprint density at radius 1 is 1.00 bits per heavy atom. The first-order chi connectivity index (χ1) is 8.79. The Morgan fingerprint density at radius 3 is 2.17 bits per heavy atom. The number of hydrogen-bond donors (Lipinski definition) is 1. The molecule has 0 aliphatic heterocycles. The number of nitrogens with one attached hydrogen (secondary N) is 1. The molecule has 0 aliphatic carbocycles. The van der Waals surface area contributed by atoms with Gasteiger partial charge in [-0.3, -0.25) is 4.90 Å². The van der Waals surface area contributed by atoms with Crippen molar-refractivity contribution in [1.82, 2.24) is 10.2 Å². The van der Waals surface area contributed by atoms with Gasteiger partial charge in [0.15, 0.2) is 0 Å². The first-order valence-electron chi connectivity index (χ1n) is 7.85. The molecule has 0 aromatic carbocycles. The molecular weight excluding hydrogens is 220 g/mol. The lowest BCUT2D eigenvalue weighted by molar-refractivity contribution is 0.176. The molecule has 2 nitrogen and oxygen atoms in total. The van der Waals surface area contributed by atoms with Gasteiger partial charge in [-0.25, -0.2) is 0 Å². The third kappa shape index (κ3) is 8.71. The average molecular weight is 254 g/mol. The summed E-state index contributed by atoms with van der Waals surface area (Å²) in [6, 6.07) is 0.795. The fourth-order valence-electron chi connectivity index (χ4n) is 2.47. The zero-order chi connectivity index (χ0) is 13.6. The summed E-state index contributed by atoms with van der Waals surface area (Å²) in [6.45, 7) is 13.5. The van der Waals surface area contributed by atoms with Crippen LogP contribution in [0.25, 0.3) is 0 Å². The molecule has 0 rings (SSSR count). The maximum Gasteiger partial charge on any atom is 0.0135 e. The molecule has 0 saturated carbocycles. The first-order valence-corrected chi connectivity index (χ1v) is 7.85. The highest BCUT2D eigenvalue weighted by atomic mass is 15.2. The molecule has 2 heteroatoms. The van der Waals surface area contributed by atoms with Crippen LogP contribution >= 0.6 is 0 Å². The van der Waals surface area contributed by atoms with E-state index in [0.717, 1.165) is 19.1 Å². The van der Waals surface area contributed by atoms with Gasteiger partial charge in [-0.15, -0.1) is 0 Å². The topological polar surface area (TPSA) is 15.3 Å². The van der Waals surface area contributed by atoms with Crippen molar-refractivity contribution in [2.45, 2.75) is 65.8 Å². The van der Waals surface area contributed by atoms with Crippen LogP contribution in [0.1, 0.15) is 59.8 Å². The quantitative estimate of drug-likeness (QED) is 0.420. The van der Waals surface area contributed by atoms with Gasteiger partial charge in [0.1, 0.15) is 0 Å². The van der Waals surface area contributed by atoms with Crippen LogP contribution in [-0.4, -0.2) is 37.1 Å². The van der Waals surface area contributed by atoms with E-state index in [1.54, 1.807) is 0 Å². The van der Waals surface area contributed by atoms with Crippen molar-refractivity contribution in [2.75, 3.05) is 26.2 Å². The van der Waals surface area contributed by atoms with Crippen molar-refractivity contribution in [3.05, 3.63) is 12.2 Å². The van der Waals surface area contributed by atoms with E-state index in [-0.39, 0.29) is 0 Å². The van der Waals surface area contributed by atoms with Crippen LogP contribution < -0.4 is 5.32 Å². The highest BCUT2D eigenvalue weighted by Crippen LogP contribution is 2.13. The normalized spacial score (nSPS) is 12.1. The minimum Gasteiger partial charge on any atom is -0.312 e. The molecule has 1 N–H and O–H groups in total. The van der Waals surface area contributed by atoms with E-state index in [2.05, 4.69) is 50.1 Å². The van der Waals surface area contributed by atoms with Gasteiger partial charge in [0, 0.05) is 25.7 Å². The van der Waals surface area contributed by atoms with E-state index < -0.39 is 0 Å². The van der Waals surface area contributed by atoms with Crippen LogP contribution in [0.2, 0.25) is 0 Å². The van der Waals surface area contributed by atoms with Crippen LogP contribution in [0, 0.1) is 0 Å². The Labute approximate surface area is 115 Å². The largest absolute Gasteiger partial charge is 0.312 e. The molecule has 0 fully saturated rings. The van der Waals surface area contributed by atoms with E-state index in [1.165, 1.54) is 45.2 Å². The Balaban J connectivity index is 4.06. The summed E-state index contributed by atoms with van der Waals surface area (Å²) in [7, 11) is 0. The average Bonchev–Trinajstić information content (AvgIpc) is 2.37. The van der Waals surface area contributed by atoms with Crippen LogP contribution in [-0.2, 0) is 0 Å². The molecule has 0 aromatic rings. The molecule has 0 atom stereocenters. The molecule has 0 bridgehead atoms. The second-order valence-corrected chi connectivity index (χ2v) is 5.04. The fourth-order valence-corrected chi connectivity index (χ4v) is 2.47. The Bertz CT molecular complexity index is 184. The molecule has 0 unspecified atom stereocenters. The van der Waals surface area contributed by atoms with E-state index in [4.69, 9.17) is 0 Å². The van der Waals surface area contributed by atoms with Gasteiger partial charge < -0.3 is 5.32 Å². The van der Waals surface area contributed by atoms with Crippen molar-refractivity contribution in [1.29, 1.82) is 0 Å². The van der Waals surface area contributed by atoms with Gasteiger partial charge in [-0.1, -0.05) is 45.8 Å². The minimum atomic E-state index is 0.795. The summed E-state index contributed by atoms with van der Waals surface area (Å²) in [5, 5.41) is 3.49. The van der Waals surface area contributed by atoms with Crippen LogP contribution in [0.3, 0.4) is 0 Å². The maximum absolute atomic E-state index is 3.49. The number of hydrogen-bond acceptors (Lipinski definition) is 2. The molecule has 0 saturated heterocycles. The summed E-state index contributed by atoms with van der Waals surface area (Å²) in [5.41, 5.74) is 0. The summed E-state index contributed by atoms with van der Waals surface area (Å²) >= 11 is 0. The van der Waals surface area contributed by atoms with Gasteiger partial charge in [0.05, 0.1) is 0 Å². The summed E-state index contributed by atoms with van der Waals surface area (Å²) < 4.78 is 0. The number of rotatable bonds is 12. The molecule has 0 spiro atoms. The predicted octanol–water partition coefficient (Wildman–Crippen LogP) is 3.83. The summed E-state index contributed by atoms with van der Waals surface area (Å²) in [5.74, 6) is 0. The lowest BCUT2D eigenvalue weighted by atomic mass is 10.0. The monoisotopic (exact) mass is 254 g/mol. The maximum atomic E-state index is 3.49. The van der Waals surface area contributed by atoms with Crippen molar-refractivity contribution < 1.29 is 0 Å². The van der Waals surface area contributed by atoms with E-state index in [1.807, 2.05) is 0 Å². The Morgan fingerprint density at radius 2 is 1.67 bits per heavy atom.